The summed E-state index contributed by atoms with van der Waals surface area (Å²) in [4.78, 5) is 94.2. The van der Waals surface area contributed by atoms with Crippen LogP contribution in [0.25, 0.3) is 33.6 Å². The Kier molecular flexibility index (Phi) is 18.9. The minimum absolute atomic E-state index is 0.0740. The van der Waals surface area contributed by atoms with Crippen molar-refractivity contribution < 1.29 is 38.2 Å². The van der Waals surface area contributed by atoms with Crippen LogP contribution in [0.1, 0.15) is 165 Å². The lowest BCUT2D eigenvalue weighted by atomic mass is 10.0. The maximum Gasteiger partial charge on any atom is 0.407 e. The molecule has 2 saturated heterocycles. The van der Waals surface area contributed by atoms with E-state index < -0.39 is 36.4 Å². The zero-order valence-electron chi connectivity index (χ0n) is 42.5. The highest BCUT2D eigenvalue weighted by atomic mass is 16.5. The van der Waals surface area contributed by atoms with Crippen LogP contribution < -0.4 is 10.6 Å². The molecule has 4 amide bonds. The second kappa shape index (κ2) is 25.0. The van der Waals surface area contributed by atoms with Gasteiger partial charge in [-0.05, 0) is 61.5 Å². The smallest absolute Gasteiger partial charge is 0.407 e. The lowest BCUT2D eigenvalue weighted by Crippen LogP contribution is -2.51. The van der Waals surface area contributed by atoms with Crippen LogP contribution in [0.2, 0.25) is 0 Å². The zero-order chi connectivity index (χ0) is 50.5. The van der Waals surface area contributed by atoms with Gasteiger partial charge in [-0.25, -0.2) is 19.6 Å². The number of nitrogens with zero attached hydrogens (tertiary/aromatic N) is 6. The summed E-state index contributed by atoms with van der Waals surface area (Å²) in [6.07, 6.45) is 13.0. The number of unbranched alkanes of at least 4 members (excludes halogenated alkanes) is 6. The predicted octanol–water partition coefficient (Wildman–Crippen LogP) is 10.4. The number of benzene rings is 2. The number of aromatic nitrogens is 4. The third-order valence-corrected chi connectivity index (χ3v) is 13.7. The van der Waals surface area contributed by atoms with Gasteiger partial charge < -0.3 is 29.9 Å². The standard InChI is InChI=1S/C54H74N8O8/c1-9-11-13-15-21-45(63)61-43(33-55-49(61)41-19-17-31-59(41)51(65)47(35(3)4)57-53(67)69-7)39-27-23-37(24-28-39)38-25-29-40(30-26-38)44-34-56-50(62(44)46(64)22-16-14-12-10-2)42-20-18-32-60(42)52(66)48(36(5)6)58-54(68)70-8/h23-30,33-36,41-42,47-48H,9-22,31-32H2,1-8H3,(H,57,67)(H,58,68)/t41-,42-,47-,48-/m0/s1. The van der Waals surface area contributed by atoms with Crippen molar-refractivity contribution in [2.24, 2.45) is 11.8 Å². The number of carbonyl (C=O) groups is 6. The summed E-state index contributed by atoms with van der Waals surface area (Å²) in [5, 5.41) is 5.42. The van der Waals surface area contributed by atoms with Crippen LogP contribution in [0.15, 0.2) is 60.9 Å². The molecule has 6 rings (SSSR count). The molecule has 378 valence electrons. The molecule has 0 saturated carbocycles. The van der Waals surface area contributed by atoms with E-state index in [2.05, 4.69) is 24.5 Å². The Labute approximate surface area is 413 Å². The maximum atomic E-state index is 14.2. The van der Waals surface area contributed by atoms with Crippen LogP contribution >= 0.6 is 0 Å². The average molecular weight is 963 g/mol. The van der Waals surface area contributed by atoms with Gasteiger partial charge in [-0.3, -0.25) is 28.3 Å². The molecular formula is C54H74N8O8. The first-order chi connectivity index (χ1) is 33.7. The van der Waals surface area contributed by atoms with Crippen molar-refractivity contribution in [3.8, 4) is 33.6 Å². The molecule has 0 bridgehead atoms. The molecular weight excluding hydrogens is 889 g/mol. The number of carbonyl (C=O) groups excluding carboxylic acids is 6. The van der Waals surface area contributed by atoms with Crippen LogP contribution in [-0.4, -0.2) is 104 Å². The lowest BCUT2D eigenvalue weighted by molar-refractivity contribution is -0.136. The second-order valence-corrected chi connectivity index (χ2v) is 19.3. The first kappa shape index (κ1) is 53.0. The summed E-state index contributed by atoms with van der Waals surface area (Å²) < 4.78 is 13.1. The SMILES string of the molecule is CCCCCCC(=O)n1c(-c2ccc(-c3ccc(-c4cnc([C@@H]5CCCN5C(=O)[C@@H](NC(=O)OC)C(C)C)n4C(=O)CCCCCC)cc3)cc2)cnc1[C@@H]1CCCN1C(=O)[C@@H](NC(=O)OC)C(C)C. The Morgan fingerprint density at radius 3 is 1.24 bits per heavy atom. The van der Waals surface area contributed by atoms with Crippen molar-refractivity contribution in [2.45, 2.75) is 156 Å². The Morgan fingerprint density at radius 1 is 0.557 bits per heavy atom. The molecule has 2 aliphatic rings. The molecule has 2 fully saturated rings. The molecule has 2 N–H and O–H groups in total. The van der Waals surface area contributed by atoms with E-state index in [9.17, 15) is 28.8 Å². The van der Waals surface area contributed by atoms with E-state index in [1.54, 1.807) is 31.3 Å². The molecule has 4 heterocycles. The monoisotopic (exact) mass is 963 g/mol. The Bertz CT molecular complexity index is 2260. The van der Waals surface area contributed by atoms with E-state index in [0.717, 1.165) is 86.5 Å². The van der Waals surface area contributed by atoms with Gasteiger partial charge in [0.25, 0.3) is 0 Å². The number of alkyl carbamates (subject to hydrolysis) is 2. The normalized spacial score (nSPS) is 16.7. The van der Waals surface area contributed by atoms with Gasteiger partial charge in [-0.15, -0.1) is 0 Å². The number of hydrogen-bond donors (Lipinski definition) is 2. The van der Waals surface area contributed by atoms with Gasteiger partial charge in [0.15, 0.2) is 0 Å². The van der Waals surface area contributed by atoms with Gasteiger partial charge in [-0.1, -0.05) is 129 Å². The predicted molar refractivity (Wildman–Crippen MR) is 269 cm³/mol. The fraction of sp³-hybridized carbons (Fsp3) is 0.556. The van der Waals surface area contributed by atoms with Crippen molar-refractivity contribution in [2.75, 3.05) is 27.3 Å². The van der Waals surface area contributed by atoms with Crippen LogP contribution in [0.4, 0.5) is 9.59 Å². The number of hydrogen-bond acceptors (Lipinski definition) is 10. The van der Waals surface area contributed by atoms with Crippen molar-refractivity contribution in [3.63, 3.8) is 0 Å². The Balaban J connectivity index is 1.29. The summed E-state index contributed by atoms with van der Waals surface area (Å²) >= 11 is 0. The van der Waals surface area contributed by atoms with Crippen molar-refractivity contribution >= 4 is 35.8 Å². The highest BCUT2D eigenvalue weighted by molar-refractivity contribution is 5.89. The van der Waals surface area contributed by atoms with Gasteiger partial charge in [0.2, 0.25) is 23.6 Å². The van der Waals surface area contributed by atoms with E-state index in [1.807, 2.05) is 76.2 Å². The molecule has 4 atom stereocenters. The van der Waals surface area contributed by atoms with Crippen molar-refractivity contribution in [1.82, 2.24) is 39.5 Å². The zero-order valence-corrected chi connectivity index (χ0v) is 42.5. The van der Waals surface area contributed by atoms with Gasteiger partial charge in [0, 0.05) is 37.1 Å². The quantitative estimate of drug-likeness (QED) is 0.0761. The third-order valence-electron chi connectivity index (χ3n) is 13.7. The van der Waals surface area contributed by atoms with Crippen LogP contribution in [0.5, 0.6) is 0 Å². The summed E-state index contributed by atoms with van der Waals surface area (Å²) in [5.41, 5.74) is 4.79. The van der Waals surface area contributed by atoms with Crippen LogP contribution in [0, 0.1) is 11.8 Å². The maximum absolute atomic E-state index is 14.2. The first-order valence-corrected chi connectivity index (χ1v) is 25.5. The Morgan fingerprint density at radius 2 is 0.914 bits per heavy atom. The van der Waals surface area contributed by atoms with Gasteiger partial charge in [0.05, 0.1) is 50.1 Å². The molecule has 0 radical (unpaired) electrons. The number of ether oxygens (including phenoxy) is 2. The van der Waals surface area contributed by atoms with E-state index in [4.69, 9.17) is 19.4 Å². The third kappa shape index (κ3) is 12.3. The van der Waals surface area contributed by atoms with E-state index in [-0.39, 0.29) is 35.5 Å². The molecule has 16 heteroatoms. The summed E-state index contributed by atoms with van der Waals surface area (Å²) in [7, 11) is 2.54. The minimum atomic E-state index is -0.799. The van der Waals surface area contributed by atoms with Crippen molar-refractivity contribution in [1.29, 1.82) is 0 Å². The molecule has 16 nitrogen and oxygen atoms in total. The number of imidazole rings is 2. The van der Waals surface area contributed by atoms with E-state index >= 15 is 0 Å². The molecule has 0 spiro atoms. The highest BCUT2D eigenvalue weighted by Crippen LogP contribution is 2.38. The summed E-state index contributed by atoms with van der Waals surface area (Å²) in [5.74, 6) is 0.0306. The number of nitrogens with one attached hydrogen (secondary N) is 2. The molecule has 2 aromatic heterocycles. The average Bonchev–Trinajstić information content (AvgIpc) is 4.21. The number of rotatable bonds is 21. The number of likely N-dealkylation sites (tertiary alicyclic amines) is 2. The van der Waals surface area contributed by atoms with E-state index in [1.165, 1.54) is 14.2 Å². The molecule has 2 aliphatic heterocycles. The van der Waals surface area contributed by atoms with Gasteiger partial charge in [0.1, 0.15) is 23.7 Å². The molecule has 4 aromatic rings. The fourth-order valence-electron chi connectivity index (χ4n) is 9.78. The van der Waals surface area contributed by atoms with E-state index in [0.29, 0.717) is 61.8 Å². The van der Waals surface area contributed by atoms with Gasteiger partial charge >= 0.3 is 12.2 Å². The largest absolute Gasteiger partial charge is 0.453 e. The second-order valence-electron chi connectivity index (χ2n) is 19.3. The molecule has 0 unspecified atom stereocenters. The number of methoxy groups -OCH3 is 2. The molecule has 0 aliphatic carbocycles. The highest BCUT2D eigenvalue weighted by Gasteiger charge is 2.41. The number of amides is 4. The van der Waals surface area contributed by atoms with Crippen molar-refractivity contribution in [3.05, 3.63) is 72.6 Å². The molecule has 70 heavy (non-hydrogen) atoms. The summed E-state index contributed by atoms with van der Waals surface area (Å²) in [6.45, 7) is 12.7. The first-order valence-electron chi connectivity index (χ1n) is 25.5. The Hall–Kier alpha value is -6.32. The minimum Gasteiger partial charge on any atom is -0.453 e. The molecule has 2 aromatic carbocycles. The fourth-order valence-corrected chi connectivity index (χ4v) is 9.78. The van der Waals surface area contributed by atoms with Crippen LogP contribution in [0.3, 0.4) is 0 Å². The van der Waals surface area contributed by atoms with Gasteiger partial charge in [-0.2, -0.15) is 0 Å². The van der Waals surface area contributed by atoms with Crippen LogP contribution in [-0.2, 0) is 19.1 Å². The summed E-state index contributed by atoms with van der Waals surface area (Å²) in [6, 6.07) is 13.5. The topological polar surface area (TPSA) is 187 Å². The lowest BCUT2D eigenvalue weighted by Gasteiger charge is -2.30.